The molecule has 0 unspecified atom stereocenters. The molecular weight excluding hydrogens is 300 g/mol. The molecule has 0 aliphatic heterocycles. The summed E-state index contributed by atoms with van der Waals surface area (Å²) in [6, 6.07) is 5.55. The highest BCUT2D eigenvalue weighted by atomic mass is 32.1. The van der Waals surface area contributed by atoms with E-state index >= 15 is 0 Å². The van der Waals surface area contributed by atoms with Crippen molar-refractivity contribution >= 4 is 23.2 Å². The number of nitrogens with zero attached hydrogens (tertiary/aromatic N) is 2. The SMILES string of the molecule is CO[C@H](CNC(=O)Nc1ccnn1CC1CC1)c1cccs1. The van der Waals surface area contributed by atoms with Gasteiger partial charge in [0.15, 0.2) is 0 Å². The van der Waals surface area contributed by atoms with E-state index in [4.69, 9.17) is 4.74 Å². The molecule has 0 bridgehead atoms. The van der Waals surface area contributed by atoms with Crippen molar-refractivity contribution < 1.29 is 9.53 Å². The fraction of sp³-hybridized carbons (Fsp3) is 0.467. The van der Waals surface area contributed by atoms with Gasteiger partial charge in [0.1, 0.15) is 11.9 Å². The van der Waals surface area contributed by atoms with E-state index < -0.39 is 0 Å². The van der Waals surface area contributed by atoms with Crippen molar-refractivity contribution in [2.45, 2.75) is 25.5 Å². The molecule has 2 amide bonds. The van der Waals surface area contributed by atoms with Gasteiger partial charge in [-0.2, -0.15) is 5.10 Å². The molecule has 2 aromatic heterocycles. The number of nitrogens with one attached hydrogen (secondary N) is 2. The molecule has 2 aromatic rings. The van der Waals surface area contributed by atoms with Crippen molar-refractivity contribution in [2.75, 3.05) is 19.0 Å². The molecular formula is C15H20N4O2S. The first-order valence-electron chi connectivity index (χ1n) is 7.39. The van der Waals surface area contributed by atoms with Crippen molar-refractivity contribution in [3.05, 3.63) is 34.7 Å². The Morgan fingerprint density at radius 3 is 3.09 bits per heavy atom. The molecule has 0 spiro atoms. The molecule has 2 heterocycles. The van der Waals surface area contributed by atoms with Crippen molar-refractivity contribution in [1.82, 2.24) is 15.1 Å². The Labute approximate surface area is 133 Å². The fourth-order valence-electron chi connectivity index (χ4n) is 2.25. The van der Waals surface area contributed by atoms with Gasteiger partial charge in [-0.1, -0.05) is 6.07 Å². The Hall–Kier alpha value is -1.86. The summed E-state index contributed by atoms with van der Waals surface area (Å²) in [4.78, 5) is 13.1. The molecule has 1 atom stereocenters. The van der Waals surface area contributed by atoms with Crippen LogP contribution in [0.15, 0.2) is 29.8 Å². The lowest BCUT2D eigenvalue weighted by Crippen LogP contribution is -2.33. The third-order valence-corrected chi connectivity index (χ3v) is 4.64. The Morgan fingerprint density at radius 2 is 2.41 bits per heavy atom. The first-order chi connectivity index (χ1) is 10.8. The molecule has 7 heteroatoms. The molecule has 22 heavy (non-hydrogen) atoms. The lowest BCUT2D eigenvalue weighted by atomic mass is 10.3. The Balaban J connectivity index is 1.50. The second-order valence-corrected chi connectivity index (χ2v) is 6.40. The number of ether oxygens (including phenoxy) is 1. The smallest absolute Gasteiger partial charge is 0.320 e. The summed E-state index contributed by atoms with van der Waals surface area (Å²) < 4.78 is 7.27. The van der Waals surface area contributed by atoms with Crippen LogP contribution in [0.3, 0.4) is 0 Å². The molecule has 3 rings (SSSR count). The number of urea groups is 1. The highest BCUT2D eigenvalue weighted by molar-refractivity contribution is 7.10. The van der Waals surface area contributed by atoms with Gasteiger partial charge < -0.3 is 10.1 Å². The van der Waals surface area contributed by atoms with Gasteiger partial charge in [0, 0.05) is 24.6 Å². The maximum Gasteiger partial charge on any atom is 0.320 e. The number of carbonyl (C=O) groups excluding carboxylic acids is 1. The van der Waals surface area contributed by atoms with E-state index in [2.05, 4.69) is 15.7 Å². The number of hydrogen-bond donors (Lipinski definition) is 2. The number of rotatable bonds is 7. The van der Waals surface area contributed by atoms with Crippen LogP contribution in [0.5, 0.6) is 0 Å². The number of amides is 2. The predicted octanol–water partition coefficient (Wildman–Crippen LogP) is 2.86. The third-order valence-electron chi connectivity index (χ3n) is 3.68. The van der Waals surface area contributed by atoms with E-state index in [0.29, 0.717) is 12.5 Å². The second kappa shape index (κ2) is 6.93. The minimum atomic E-state index is -0.240. The summed E-state index contributed by atoms with van der Waals surface area (Å²) in [5.41, 5.74) is 0. The normalized spacial score (nSPS) is 15.5. The van der Waals surface area contributed by atoms with Gasteiger partial charge >= 0.3 is 6.03 Å². The van der Waals surface area contributed by atoms with Gasteiger partial charge in [0.25, 0.3) is 0 Å². The van der Waals surface area contributed by atoms with Gasteiger partial charge in [-0.15, -0.1) is 11.3 Å². The number of carbonyl (C=O) groups is 1. The minimum Gasteiger partial charge on any atom is -0.374 e. The average Bonchev–Trinajstić information content (AvgIpc) is 2.98. The maximum absolute atomic E-state index is 12.0. The summed E-state index contributed by atoms with van der Waals surface area (Å²) in [5, 5.41) is 11.9. The van der Waals surface area contributed by atoms with E-state index in [-0.39, 0.29) is 12.1 Å². The zero-order valence-corrected chi connectivity index (χ0v) is 13.3. The highest BCUT2D eigenvalue weighted by Crippen LogP contribution is 2.31. The van der Waals surface area contributed by atoms with Crippen molar-refractivity contribution in [3.8, 4) is 0 Å². The number of thiophene rings is 1. The zero-order chi connectivity index (χ0) is 15.4. The van der Waals surface area contributed by atoms with Gasteiger partial charge in [0.05, 0.1) is 12.7 Å². The molecule has 0 aromatic carbocycles. The summed E-state index contributed by atoms with van der Waals surface area (Å²) in [6.45, 7) is 1.30. The Bertz CT molecular complexity index is 607. The van der Waals surface area contributed by atoms with E-state index in [1.807, 2.05) is 28.3 Å². The fourth-order valence-corrected chi connectivity index (χ4v) is 3.05. The largest absolute Gasteiger partial charge is 0.374 e. The molecule has 2 N–H and O–H groups in total. The molecule has 1 aliphatic carbocycles. The molecule has 0 saturated heterocycles. The van der Waals surface area contributed by atoms with Crippen LogP contribution in [-0.4, -0.2) is 29.5 Å². The highest BCUT2D eigenvalue weighted by Gasteiger charge is 2.23. The summed E-state index contributed by atoms with van der Waals surface area (Å²) in [6.07, 6.45) is 4.09. The zero-order valence-electron chi connectivity index (χ0n) is 12.5. The molecule has 1 aliphatic rings. The van der Waals surface area contributed by atoms with E-state index in [1.54, 1.807) is 24.6 Å². The lowest BCUT2D eigenvalue weighted by Gasteiger charge is -2.15. The second-order valence-electron chi connectivity index (χ2n) is 5.42. The number of anilines is 1. The molecule has 1 saturated carbocycles. The van der Waals surface area contributed by atoms with Crippen LogP contribution in [0.1, 0.15) is 23.8 Å². The monoisotopic (exact) mass is 320 g/mol. The van der Waals surface area contributed by atoms with Crippen LogP contribution in [0, 0.1) is 5.92 Å². The van der Waals surface area contributed by atoms with Gasteiger partial charge in [-0.25, -0.2) is 9.48 Å². The Kier molecular flexibility index (Phi) is 4.74. The number of methoxy groups -OCH3 is 1. The maximum atomic E-state index is 12.0. The molecule has 6 nitrogen and oxygen atoms in total. The quantitative estimate of drug-likeness (QED) is 0.824. The molecule has 1 fully saturated rings. The van der Waals surface area contributed by atoms with E-state index in [0.717, 1.165) is 17.2 Å². The summed E-state index contributed by atoms with van der Waals surface area (Å²) in [5.74, 6) is 1.44. The first-order valence-corrected chi connectivity index (χ1v) is 8.27. The topological polar surface area (TPSA) is 68.2 Å². The summed E-state index contributed by atoms with van der Waals surface area (Å²) in [7, 11) is 1.65. The van der Waals surface area contributed by atoms with Gasteiger partial charge in [-0.05, 0) is 30.2 Å². The Morgan fingerprint density at radius 1 is 1.55 bits per heavy atom. The van der Waals surface area contributed by atoms with E-state index in [1.165, 1.54) is 12.8 Å². The minimum absolute atomic E-state index is 0.123. The van der Waals surface area contributed by atoms with Crippen LogP contribution < -0.4 is 10.6 Å². The number of hydrogen-bond acceptors (Lipinski definition) is 4. The number of aromatic nitrogens is 2. The van der Waals surface area contributed by atoms with Crippen molar-refractivity contribution in [1.29, 1.82) is 0 Å². The molecule has 118 valence electrons. The van der Waals surface area contributed by atoms with Crippen molar-refractivity contribution in [3.63, 3.8) is 0 Å². The van der Waals surface area contributed by atoms with Crippen LogP contribution in [0.4, 0.5) is 10.6 Å². The first kappa shape index (κ1) is 15.1. The standard InChI is InChI=1S/C15H20N4O2S/c1-21-12(13-3-2-8-22-13)9-16-15(20)18-14-6-7-17-19(14)10-11-4-5-11/h2-3,6-8,11-12H,4-5,9-10H2,1H3,(H2,16,18,20)/t12-/m1/s1. The molecule has 0 radical (unpaired) electrons. The van der Waals surface area contributed by atoms with E-state index in [9.17, 15) is 4.79 Å². The average molecular weight is 320 g/mol. The lowest BCUT2D eigenvalue weighted by molar-refractivity contribution is 0.107. The van der Waals surface area contributed by atoms with Gasteiger partial charge in [0.2, 0.25) is 0 Å². The van der Waals surface area contributed by atoms with Crippen molar-refractivity contribution in [2.24, 2.45) is 5.92 Å². The third kappa shape index (κ3) is 3.86. The van der Waals surface area contributed by atoms with Crippen LogP contribution in [-0.2, 0) is 11.3 Å². The van der Waals surface area contributed by atoms with Gasteiger partial charge in [-0.3, -0.25) is 5.32 Å². The predicted molar refractivity (Wildman–Crippen MR) is 86.0 cm³/mol. The van der Waals surface area contributed by atoms with Crippen LogP contribution in [0.2, 0.25) is 0 Å². The van der Waals surface area contributed by atoms with Crippen LogP contribution >= 0.6 is 11.3 Å². The summed E-state index contributed by atoms with van der Waals surface area (Å²) >= 11 is 1.62. The van der Waals surface area contributed by atoms with Crippen LogP contribution in [0.25, 0.3) is 0 Å².